The van der Waals surface area contributed by atoms with Crippen molar-refractivity contribution >= 4 is 34.8 Å². The van der Waals surface area contributed by atoms with Gasteiger partial charge in [-0.2, -0.15) is 0 Å². The molecule has 0 bridgehead atoms. The maximum absolute atomic E-state index is 12.2. The van der Waals surface area contributed by atoms with Gasteiger partial charge in [0, 0.05) is 5.02 Å². The van der Waals surface area contributed by atoms with Crippen molar-refractivity contribution in [3.63, 3.8) is 0 Å². The predicted molar refractivity (Wildman–Crippen MR) is 74.3 cm³/mol. The van der Waals surface area contributed by atoms with Gasteiger partial charge >= 0.3 is 0 Å². The number of halogens is 2. The maximum atomic E-state index is 12.2. The van der Waals surface area contributed by atoms with Crippen molar-refractivity contribution in [1.29, 1.82) is 0 Å². The molecule has 1 aliphatic carbocycles. The van der Waals surface area contributed by atoms with E-state index in [1.54, 1.807) is 6.07 Å². The first-order valence-corrected chi connectivity index (χ1v) is 7.13. The van der Waals surface area contributed by atoms with Gasteiger partial charge in [-0.05, 0) is 36.0 Å². The SMILES string of the molecule is CC1CCCC1C1C(=O)Nc2c(Cl)cc(Cl)cc21. The molecule has 1 aliphatic heterocycles. The highest BCUT2D eigenvalue weighted by molar-refractivity contribution is 6.37. The van der Waals surface area contributed by atoms with Crippen molar-refractivity contribution in [2.24, 2.45) is 11.8 Å². The Balaban J connectivity index is 2.06. The lowest BCUT2D eigenvalue weighted by atomic mass is 9.81. The molecule has 3 rings (SSSR count). The van der Waals surface area contributed by atoms with Gasteiger partial charge in [0.25, 0.3) is 0 Å². The number of nitrogens with one attached hydrogen (secondary N) is 1. The van der Waals surface area contributed by atoms with E-state index in [0.29, 0.717) is 21.9 Å². The summed E-state index contributed by atoms with van der Waals surface area (Å²) in [5.41, 5.74) is 1.74. The summed E-state index contributed by atoms with van der Waals surface area (Å²) in [5.74, 6) is 1.01. The van der Waals surface area contributed by atoms with Gasteiger partial charge in [0.05, 0.1) is 16.6 Å². The molecule has 96 valence electrons. The van der Waals surface area contributed by atoms with Crippen LogP contribution in [-0.4, -0.2) is 5.91 Å². The zero-order chi connectivity index (χ0) is 12.9. The van der Waals surface area contributed by atoms with Crippen molar-refractivity contribution in [1.82, 2.24) is 0 Å². The van der Waals surface area contributed by atoms with Crippen LogP contribution in [0.5, 0.6) is 0 Å². The van der Waals surface area contributed by atoms with Gasteiger partial charge in [-0.25, -0.2) is 0 Å². The molecule has 1 amide bonds. The monoisotopic (exact) mass is 283 g/mol. The number of benzene rings is 1. The van der Waals surface area contributed by atoms with E-state index >= 15 is 0 Å². The van der Waals surface area contributed by atoms with Gasteiger partial charge in [-0.15, -0.1) is 0 Å². The molecule has 2 aliphatic rings. The number of carbonyl (C=O) groups excluding carboxylic acids is 1. The third-order valence-corrected chi connectivity index (χ3v) is 4.82. The van der Waals surface area contributed by atoms with Crippen LogP contribution in [0, 0.1) is 11.8 Å². The molecule has 0 aromatic heterocycles. The molecule has 1 aromatic rings. The van der Waals surface area contributed by atoms with Crippen LogP contribution in [0.4, 0.5) is 5.69 Å². The Morgan fingerprint density at radius 2 is 2.06 bits per heavy atom. The molecule has 18 heavy (non-hydrogen) atoms. The second kappa shape index (κ2) is 4.43. The standard InChI is InChI=1S/C14H15Cl2NO/c1-7-3-2-4-9(7)12-10-5-8(15)6-11(16)13(10)17-14(12)18/h5-7,9,12H,2-4H2,1H3,(H,17,18). The number of fused-ring (bicyclic) bond motifs is 1. The fraction of sp³-hybridized carbons (Fsp3) is 0.500. The van der Waals surface area contributed by atoms with Crippen molar-refractivity contribution in [2.75, 3.05) is 5.32 Å². The first-order valence-electron chi connectivity index (χ1n) is 6.37. The minimum absolute atomic E-state index is 0.0753. The molecule has 3 unspecified atom stereocenters. The lowest BCUT2D eigenvalue weighted by molar-refractivity contribution is -0.118. The summed E-state index contributed by atoms with van der Waals surface area (Å²) in [5, 5.41) is 4.05. The first-order chi connectivity index (χ1) is 8.58. The Morgan fingerprint density at radius 3 is 2.72 bits per heavy atom. The molecule has 0 saturated heterocycles. The summed E-state index contributed by atoms with van der Waals surface area (Å²) in [6.45, 7) is 2.23. The second-order valence-electron chi connectivity index (χ2n) is 5.39. The van der Waals surface area contributed by atoms with Crippen LogP contribution in [0.2, 0.25) is 10.0 Å². The first kappa shape index (κ1) is 12.3. The van der Waals surface area contributed by atoms with Gasteiger partial charge < -0.3 is 5.32 Å². The summed E-state index contributed by atoms with van der Waals surface area (Å²) in [6.07, 6.45) is 3.53. The average molecular weight is 284 g/mol. The molecule has 0 radical (unpaired) electrons. The van der Waals surface area contributed by atoms with Crippen LogP contribution in [0.15, 0.2) is 12.1 Å². The highest BCUT2D eigenvalue weighted by Crippen LogP contribution is 2.49. The Bertz CT molecular complexity index is 515. The minimum atomic E-state index is -0.0753. The number of rotatable bonds is 1. The molecule has 2 nitrogen and oxygen atoms in total. The number of anilines is 1. The van der Waals surface area contributed by atoms with Crippen LogP contribution < -0.4 is 5.32 Å². The van der Waals surface area contributed by atoms with Crippen LogP contribution >= 0.6 is 23.2 Å². The third kappa shape index (κ3) is 1.83. The molecule has 4 heteroatoms. The summed E-state index contributed by atoms with van der Waals surface area (Å²) in [6, 6.07) is 3.57. The molecule has 1 fully saturated rings. The highest BCUT2D eigenvalue weighted by atomic mass is 35.5. The van der Waals surface area contributed by atoms with Crippen molar-refractivity contribution < 1.29 is 4.79 Å². The zero-order valence-electron chi connectivity index (χ0n) is 10.2. The molecular weight excluding hydrogens is 269 g/mol. The van der Waals surface area contributed by atoms with Crippen LogP contribution in [0.25, 0.3) is 0 Å². The lowest BCUT2D eigenvalue weighted by Gasteiger charge is -2.21. The topological polar surface area (TPSA) is 29.1 Å². The molecular formula is C14H15Cl2NO. The largest absolute Gasteiger partial charge is 0.324 e. The Labute approximate surface area is 117 Å². The molecule has 1 heterocycles. The van der Waals surface area contributed by atoms with E-state index in [-0.39, 0.29) is 11.8 Å². The fourth-order valence-electron chi connectivity index (χ4n) is 3.41. The van der Waals surface area contributed by atoms with Gasteiger partial charge in [0.2, 0.25) is 5.91 Å². The quantitative estimate of drug-likeness (QED) is 0.810. The molecule has 0 spiro atoms. The van der Waals surface area contributed by atoms with Crippen molar-refractivity contribution in [2.45, 2.75) is 32.1 Å². The molecule has 1 saturated carbocycles. The van der Waals surface area contributed by atoms with E-state index in [4.69, 9.17) is 23.2 Å². The van der Waals surface area contributed by atoms with Gasteiger partial charge in [0.15, 0.2) is 0 Å². The van der Waals surface area contributed by atoms with E-state index in [1.807, 2.05) is 6.07 Å². The van der Waals surface area contributed by atoms with Crippen LogP contribution in [0.1, 0.15) is 37.7 Å². The van der Waals surface area contributed by atoms with Crippen LogP contribution in [0.3, 0.4) is 0 Å². The maximum Gasteiger partial charge on any atom is 0.232 e. The van der Waals surface area contributed by atoms with Gasteiger partial charge in [0.1, 0.15) is 0 Å². The number of carbonyl (C=O) groups is 1. The minimum Gasteiger partial charge on any atom is -0.324 e. The van der Waals surface area contributed by atoms with Gasteiger partial charge in [-0.3, -0.25) is 4.79 Å². The molecule has 1 N–H and O–H groups in total. The lowest BCUT2D eigenvalue weighted by Crippen LogP contribution is -2.22. The normalized spacial score (nSPS) is 30.4. The Kier molecular flexibility index (Phi) is 3.03. The van der Waals surface area contributed by atoms with Crippen molar-refractivity contribution in [3.8, 4) is 0 Å². The van der Waals surface area contributed by atoms with Gasteiger partial charge in [-0.1, -0.05) is 43.0 Å². The van der Waals surface area contributed by atoms with Crippen LogP contribution in [-0.2, 0) is 4.79 Å². The Morgan fingerprint density at radius 1 is 1.28 bits per heavy atom. The summed E-state index contributed by atoms with van der Waals surface area (Å²) in [7, 11) is 0. The van der Waals surface area contributed by atoms with Crippen molar-refractivity contribution in [3.05, 3.63) is 27.7 Å². The second-order valence-corrected chi connectivity index (χ2v) is 6.23. The van der Waals surface area contributed by atoms with E-state index in [1.165, 1.54) is 12.8 Å². The summed E-state index contributed by atoms with van der Waals surface area (Å²) in [4.78, 5) is 12.2. The predicted octanol–water partition coefficient (Wildman–Crippen LogP) is 4.47. The molecule has 3 atom stereocenters. The number of amides is 1. The van der Waals surface area contributed by atoms with E-state index in [0.717, 1.165) is 17.7 Å². The smallest absolute Gasteiger partial charge is 0.232 e. The third-order valence-electron chi connectivity index (χ3n) is 4.31. The highest BCUT2D eigenvalue weighted by Gasteiger charge is 2.41. The number of hydrogen-bond donors (Lipinski definition) is 1. The summed E-state index contributed by atoms with van der Waals surface area (Å²) >= 11 is 12.2. The number of hydrogen-bond acceptors (Lipinski definition) is 1. The van der Waals surface area contributed by atoms with E-state index < -0.39 is 0 Å². The molecule has 1 aromatic carbocycles. The Hall–Kier alpha value is -0.730. The average Bonchev–Trinajstić information content (AvgIpc) is 2.82. The zero-order valence-corrected chi connectivity index (χ0v) is 11.7. The summed E-state index contributed by atoms with van der Waals surface area (Å²) < 4.78 is 0. The van der Waals surface area contributed by atoms with E-state index in [2.05, 4.69) is 12.2 Å². The van der Waals surface area contributed by atoms with E-state index in [9.17, 15) is 4.79 Å². The fourth-order valence-corrected chi connectivity index (χ4v) is 3.96.